The molecule has 0 spiro atoms. The van der Waals surface area contributed by atoms with E-state index in [1.807, 2.05) is 0 Å². The molecular formula is C16H28N2S. The molecule has 2 nitrogen and oxygen atoms in total. The maximum Gasteiger partial charge on any atom is 0.0219 e. The molecule has 2 aliphatic carbocycles. The van der Waals surface area contributed by atoms with Crippen LogP contribution in [0, 0.1) is 0 Å². The van der Waals surface area contributed by atoms with Crippen molar-refractivity contribution in [1.82, 2.24) is 10.2 Å². The summed E-state index contributed by atoms with van der Waals surface area (Å²) in [5, 5.41) is 5.88. The van der Waals surface area contributed by atoms with Crippen molar-refractivity contribution in [3.05, 3.63) is 0 Å². The van der Waals surface area contributed by atoms with Crippen LogP contribution in [-0.2, 0) is 0 Å². The maximum absolute atomic E-state index is 4.03. The van der Waals surface area contributed by atoms with Crippen LogP contribution in [0.2, 0.25) is 0 Å². The normalized spacial score (nSPS) is 47.7. The minimum Gasteiger partial charge on any atom is -0.309 e. The highest BCUT2D eigenvalue weighted by molar-refractivity contribution is 8.00. The molecule has 0 aromatic rings. The molecule has 2 heterocycles. The number of nitrogens with zero attached hydrogens (tertiary/aromatic N) is 1. The van der Waals surface area contributed by atoms with Crippen LogP contribution < -0.4 is 5.32 Å². The second kappa shape index (κ2) is 5.57. The third kappa shape index (κ3) is 2.58. The van der Waals surface area contributed by atoms with Crippen molar-refractivity contribution >= 4 is 11.8 Å². The summed E-state index contributed by atoms with van der Waals surface area (Å²) in [5.41, 5.74) is 0. The first-order valence-electron chi connectivity index (χ1n) is 8.56. The predicted molar refractivity (Wildman–Crippen MR) is 82.8 cm³/mol. The zero-order valence-electron chi connectivity index (χ0n) is 12.0. The number of thioether (sulfide) groups is 1. The third-order valence-corrected chi connectivity index (χ3v) is 7.69. The molecule has 19 heavy (non-hydrogen) atoms. The van der Waals surface area contributed by atoms with Crippen molar-refractivity contribution in [2.45, 2.75) is 86.4 Å². The van der Waals surface area contributed by atoms with E-state index in [-0.39, 0.29) is 0 Å². The van der Waals surface area contributed by atoms with Gasteiger partial charge in [0, 0.05) is 28.6 Å². The van der Waals surface area contributed by atoms with Crippen LogP contribution in [0.5, 0.6) is 0 Å². The summed E-state index contributed by atoms with van der Waals surface area (Å²) in [5.74, 6) is 0. The highest BCUT2D eigenvalue weighted by Crippen LogP contribution is 2.42. The maximum atomic E-state index is 4.03. The molecule has 5 atom stereocenters. The molecule has 108 valence electrons. The van der Waals surface area contributed by atoms with Gasteiger partial charge in [0.15, 0.2) is 0 Å². The van der Waals surface area contributed by atoms with Gasteiger partial charge in [0.25, 0.3) is 0 Å². The number of rotatable bonds is 1. The van der Waals surface area contributed by atoms with Gasteiger partial charge >= 0.3 is 0 Å². The minimum absolute atomic E-state index is 0.836. The second-order valence-corrected chi connectivity index (χ2v) is 8.57. The van der Waals surface area contributed by atoms with Crippen LogP contribution in [-0.4, -0.2) is 46.6 Å². The van der Waals surface area contributed by atoms with Crippen LogP contribution in [0.4, 0.5) is 0 Å². The fourth-order valence-electron chi connectivity index (χ4n) is 4.84. The zero-order chi connectivity index (χ0) is 12.7. The fraction of sp³-hybridized carbons (Fsp3) is 1.00. The van der Waals surface area contributed by atoms with Crippen molar-refractivity contribution in [2.75, 3.05) is 13.1 Å². The first-order valence-corrected chi connectivity index (χ1v) is 9.50. The van der Waals surface area contributed by atoms with Crippen molar-refractivity contribution in [1.29, 1.82) is 0 Å². The van der Waals surface area contributed by atoms with Gasteiger partial charge in [-0.1, -0.05) is 12.8 Å². The van der Waals surface area contributed by atoms with Gasteiger partial charge in [-0.3, -0.25) is 0 Å². The van der Waals surface area contributed by atoms with E-state index in [4.69, 9.17) is 0 Å². The van der Waals surface area contributed by atoms with Crippen molar-refractivity contribution < 1.29 is 0 Å². The smallest absolute Gasteiger partial charge is 0.0219 e. The lowest BCUT2D eigenvalue weighted by Gasteiger charge is -2.49. The SMILES string of the molecule is C1CCC2SC3CC(N4CCCC4)CCC3NC2C1. The van der Waals surface area contributed by atoms with Crippen LogP contribution in [0.15, 0.2) is 0 Å². The van der Waals surface area contributed by atoms with E-state index in [0.717, 1.165) is 28.6 Å². The monoisotopic (exact) mass is 280 g/mol. The molecule has 1 N–H and O–H groups in total. The number of nitrogens with one attached hydrogen (secondary N) is 1. The van der Waals surface area contributed by atoms with Crippen LogP contribution in [0.3, 0.4) is 0 Å². The molecule has 5 unspecified atom stereocenters. The lowest BCUT2D eigenvalue weighted by atomic mass is 9.86. The van der Waals surface area contributed by atoms with Gasteiger partial charge in [0.1, 0.15) is 0 Å². The molecule has 0 amide bonds. The van der Waals surface area contributed by atoms with E-state index in [2.05, 4.69) is 22.0 Å². The van der Waals surface area contributed by atoms with Crippen molar-refractivity contribution in [3.8, 4) is 0 Å². The lowest BCUT2D eigenvalue weighted by molar-refractivity contribution is 0.165. The quantitative estimate of drug-likeness (QED) is 0.795. The molecule has 2 aliphatic heterocycles. The molecule has 0 aromatic heterocycles. The Balaban J connectivity index is 1.40. The third-order valence-electron chi connectivity index (χ3n) is 5.90. The van der Waals surface area contributed by atoms with Crippen molar-refractivity contribution in [2.24, 2.45) is 0 Å². The van der Waals surface area contributed by atoms with E-state index >= 15 is 0 Å². The van der Waals surface area contributed by atoms with Crippen LogP contribution in [0.25, 0.3) is 0 Å². The highest BCUT2D eigenvalue weighted by atomic mass is 32.2. The van der Waals surface area contributed by atoms with Crippen LogP contribution in [0.1, 0.15) is 57.8 Å². The Bertz CT molecular complexity index is 316. The Morgan fingerprint density at radius 2 is 1.58 bits per heavy atom. The van der Waals surface area contributed by atoms with Gasteiger partial charge in [-0.2, -0.15) is 11.8 Å². The highest BCUT2D eigenvalue weighted by Gasteiger charge is 2.42. The molecule has 2 saturated carbocycles. The molecule has 4 aliphatic rings. The molecule has 4 fully saturated rings. The Morgan fingerprint density at radius 3 is 2.47 bits per heavy atom. The van der Waals surface area contributed by atoms with E-state index in [1.165, 1.54) is 70.9 Å². The number of likely N-dealkylation sites (tertiary alicyclic amines) is 1. The Hall–Kier alpha value is 0.270. The molecule has 0 bridgehead atoms. The van der Waals surface area contributed by atoms with Gasteiger partial charge in [-0.25, -0.2) is 0 Å². The lowest BCUT2D eigenvalue weighted by Crippen LogP contribution is -2.58. The van der Waals surface area contributed by atoms with E-state index in [9.17, 15) is 0 Å². The average molecular weight is 280 g/mol. The molecule has 0 aromatic carbocycles. The first-order chi connectivity index (χ1) is 9.40. The largest absolute Gasteiger partial charge is 0.309 e. The Labute approximate surface area is 122 Å². The first kappa shape index (κ1) is 13.0. The Kier molecular flexibility index (Phi) is 3.80. The summed E-state index contributed by atoms with van der Waals surface area (Å²) in [4.78, 5) is 2.80. The van der Waals surface area contributed by atoms with Gasteiger partial charge < -0.3 is 10.2 Å². The van der Waals surface area contributed by atoms with E-state index in [1.54, 1.807) is 0 Å². The second-order valence-electron chi connectivity index (χ2n) is 7.09. The fourth-order valence-corrected chi connectivity index (χ4v) is 6.73. The molecule has 2 saturated heterocycles. The summed E-state index contributed by atoms with van der Waals surface area (Å²) in [6.07, 6.45) is 13.1. The molecule has 4 rings (SSSR count). The van der Waals surface area contributed by atoms with Gasteiger partial charge in [-0.15, -0.1) is 0 Å². The summed E-state index contributed by atoms with van der Waals surface area (Å²) in [6.45, 7) is 2.76. The zero-order valence-corrected chi connectivity index (χ0v) is 12.8. The summed E-state index contributed by atoms with van der Waals surface area (Å²) in [6, 6.07) is 2.60. The minimum atomic E-state index is 0.836. The Morgan fingerprint density at radius 1 is 0.789 bits per heavy atom. The topological polar surface area (TPSA) is 15.3 Å². The van der Waals surface area contributed by atoms with Crippen molar-refractivity contribution in [3.63, 3.8) is 0 Å². The van der Waals surface area contributed by atoms with Gasteiger partial charge in [-0.05, 0) is 58.0 Å². The summed E-state index contributed by atoms with van der Waals surface area (Å²) >= 11 is 2.37. The number of hydrogen-bond acceptors (Lipinski definition) is 3. The molecular weight excluding hydrogens is 252 g/mol. The standard InChI is InChI=1S/C16H28N2S/c1-2-6-15-13(5-1)17-14-8-7-12(11-16(14)19-15)18-9-3-4-10-18/h12-17H,1-11H2. The van der Waals surface area contributed by atoms with E-state index in [0.29, 0.717) is 0 Å². The summed E-state index contributed by atoms with van der Waals surface area (Å²) < 4.78 is 0. The van der Waals surface area contributed by atoms with Crippen LogP contribution >= 0.6 is 11.8 Å². The summed E-state index contributed by atoms with van der Waals surface area (Å²) in [7, 11) is 0. The van der Waals surface area contributed by atoms with Gasteiger partial charge in [0.05, 0.1) is 0 Å². The van der Waals surface area contributed by atoms with Gasteiger partial charge in [0.2, 0.25) is 0 Å². The molecule has 3 heteroatoms. The average Bonchev–Trinajstić information content (AvgIpc) is 2.98. The number of hydrogen-bond donors (Lipinski definition) is 1. The van der Waals surface area contributed by atoms with E-state index < -0.39 is 0 Å². The predicted octanol–water partition coefficient (Wildman–Crippen LogP) is 3.02. The number of fused-ring (bicyclic) bond motifs is 2. The molecule has 0 radical (unpaired) electrons.